The Morgan fingerprint density at radius 2 is 1.97 bits per heavy atom. The van der Waals surface area contributed by atoms with Crippen molar-refractivity contribution in [2.24, 2.45) is 0 Å². The number of fused-ring (bicyclic) bond motifs is 1. The van der Waals surface area contributed by atoms with Crippen molar-refractivity contribution in [1.29, 1.82) is 10.7 Å². The Hall–Kier alpha value is -2.73. The standard InChI is InChI=1S/C21H22N6O.CH2BNO.Y/c1-27-11-10-16(24-21(28)23-15-8-6-14(13-22)7-9-15)12-19(27)20-25-17-4-2-3-5-18(17)26-20;2-1(3)4;/h2-9,16,19H,10-12H2,1H3,(H3,23,24,25,26,28);(H2,3,4);/p-1/t16-,19-;;/m1../s1. The fraction of sp³-hybridized carbons (Fsp3) is 0.273. The van der Waals surface area contributed by atoms with Crippen LogP contribution in [-0.2, 0) is 32.7 Å². The van der Waals surface area contributed by atoms with Crippen LogP contribution in [0.3, 0.4) is 0 Å². The molecule has 0 spiro atoms. The van der Waals surface area contributed by atoms with E-state index in [1.165, 1.54) is 0 Å². The van der Waals surface area contributed by atoms with Crippen LogP contribution in [0.15, 0.2) is 48.5 Å². The van der Waals surface area contributed by atoms with Crippen molar-refractivity contribution in [1.82, 2.24) is 20.2 Å². The van der Waals surface area contributed by atoms with Gasteiger partial charge in [-0.15, -0.1) is 0 Å². The molecule has 1 aromatic heterocycles. The van der Waals surface area contributed by atoms with E-state index in [1.54, 1.807) is 24.3 Å². The fourth-order valence-electron chi connectivity index (χ4n) is 3.57. The van der Waals surface area contributed by atoms with Gasteiger partial charge in [-0.1, -0.05) is 30.1 Å². The van der Waals surface area contributed by atoms with E-state index in [4.69, 9.17) is 15.8 Å². The van der Waals surface area contributed by atoms with Crippen molar-refractivity contribution in [2.75, 3.05) is 18.9 Å². The van der Waals surface area contributed by atoms with Gasteiger partial charge in [0.15, 0.2) is 7.85 Å². The summed E-state index contributed by atoms with van der Waals surface area (Å²) in [6.07, 6.45) is 1.63. The monoisotopic (exact) mass is 517 g/mol. The Bertz CT molecular complexity index is 1090. The zero-order chi connectivity index (χ0) is 23.1. The molecule has 4 rings (SSSR count). The van der Waals surface area contributed by atoms with Gasteiger partial charge in [-0.2, -0.15) is 5.26 Å². The van der Waals surface area contributed by atoms with E-state index in [2.05, 4.69) is 46.5 Å². The third-order valence-corrected chi connectivity index (χ3v) is 5.13. The maximum absolute atomic E-state index is 12.4. The van der Waals surface area contributed by atoms with E-state index >= 15 is 0 Å². The molecule has 1 saturated heterocycles. The Morgan fingerprint density at radius 1 is 1.30 bits per heavy atom. The van der Waals surface area contributed by atoms with Gasteiger partial charge in [0, 0.05) is 57.0 Å². The zero-order valence-electron chi connectivity index (χ0n) is 18.2. The number of rotatable bonds is 3. The van der Waals surface area contributed by atoms with Gasteiger partial charge in [0.2, 0.25) is 0 Å². The number of nitrogens with zero attached hydrogens (tertiary/aromatic N) is 4. The molecular weight excluding hydrogens is 494 g/mol. The molecule has 3 aromatic rings. The summed E-state index contributed by atoms with van der Waals surface area (Å²) in [4.78, 5) is 24.0. The first-order valence-corrected chi connectivity index (χ1v) is 10.1. The smallest absolute Gasteiger partial charge is 0.319 e. The number of carbonyl (C=O) groups excluding carboxylic acids is 1. The van der Waals surface area contributed by atoms with Gasteiger partial charge in [-0.05, 0) is 55.2 Å². The molecule has 1 fully saturated rings. The van der Waals surface area contributed by atoms with Gasteiger partial charge in [-0.3, -0.25) is 10.3 Å². The van der Waals surface area contributed by atoms with Crippen LogP contribution in [0.25, 0.3) is 11.0 Å². The van der Waals surface area contributed by atoms with Gasteiger partial charge in [0.1, 0.15) is 5.80 Å². The molecule has 9 nitrogen and oxygen atoms in total. The molecule has 4 N–H and O–H groups in total. The number of hydrogen-bond donors (Lipinski definition) is 4. The number of para-hydroxylation sites is 2. The molecule has 0 aliphatic carbocycles. The molecule has 0 bridgehead atoms. The molecule has 33 heavy (non-hydrogen) atoms. The average Bonchev–Trinajstić information content (AvgIpc) is 3.19. The summed E-state index contributed by atoms with van der Waals surface area (Å²) < 4.78 is 0. The first kappa shape index (κ1) is 26.5. The second kappa shape index (κ2) is 12.5. The van der Waals surface area contributed by atoms with Crippen molar-refractivity contribution in [3.05, 3.63) is 59.9 Å². The number of anilines is 1. The molecule has 1 aliphatic heterocycles. The van der Waals surface area contributed by atoms with Crippen LogP contribution in [0.2, 0.25) is 0 Å². The first-order chi connectivity index (χ1) is 15.4. The maximum atomic E-state index is 12.4. The number of benzene rings is 2. The van der Waals surface area contributed by atoms with Crippen LogP contribution in [0.5, 0.6) is 0 Å². The Labute approximate surface area is 218 Å². The van der Waals surface area contributed by atoms with E-state index in [1.807, 2.05) is 24.3 Å². The molecule has 11 heteroatoms. The quantitative estimate of drug-likeness (QED) is 0.240. The number of hydrogen-bond acceptors (Lipinski definition) is 5. The number of piperidine rings is 1. The van der Waals surface area contributed by atoms with Crippen molar-refractivity contribution in [3.63, 3.8) is 0 Å². The summed E-state index contributed by atoms with van der Waals surface area (Å²) in [5.41, 5.74) is 3.02. The van der Waals surface area contributed by atoms with Crippen molar-refractivity contribution < 1.29 is 42.6 Å². The largest absolute Gasteiger partial charge is 0.507 e. The summed E-state index contributed by atoms with van der Waals surface area (Å²) >= 11 is 0. The van der Waals surface area contributed by atoms with Crippen LogP contribution in [0, 0.1) is 16.7 Å². The van der Waals surface area contributed by atoms with Gasteiger partial charge < -0.3 is 25.7 Å². The molecule has 2 amide bonds. The van der Waals surface area contributed by atoms with Crippen LogP contribution in [-0.4, -0.2) is 54.3 Å². The topological polar surface area (TPSA) is 139 Å². The van der Waals surface area contributed by atoms with Crippen molar-refractivity contribution in [2.45, 2.75) is 24.9 Å². The minimum Gasteiger partial charge on any atom is -0.507 e. The second-order valence-electron chi connectivity index (χ2n) is 7.46. The number of amides is 2. The Balaban J connectivity index is 0.000000714. The Kier molecular flexibility index (Phi) is 10.0. The summed E-state index contributed by atoms with van der Waals surface area (Å²) in [5.74, 6) is -0.0253. The molecule has 1 aliphatic rings. The van der Waals surface area contributed by atoms with Crippen LogP contribution >= 0.6 is 0 Å². The molecule has 2 heterocycles. The third kappa shape index (κ3) is 7.67. The third-order valence-electron chi connectivity index (χ3n) is 5.13. The van der Waals surface area contributed by atoms with Crippen molar-refractivity contribution in [3.8, 4) is 6.07 Å². The molecule has 0 saturated carbocycles. The molecular formula is C22H23BN7O2Y-. The normalized spacial score (nSPS) is 17.6. The summed E-state index contributed by atoms with van der Waals surface area (Å²) in [7, 11) is 6.32. The Morgan fingerprint density at radius 3 is 2.61 bits per heavy atom. The molecule has 0 unspecified atom stereocenters. The first-order valence-electron chi connectivity index (χ1n) is 10.1. The molecule has 3 radical (unpaired) electrons. The van der Waals surface area contributed by atoms with Gasteiger partial charge >= 0.3 is 6.03 Å². The number of imidazole rings is 1. The van der Waals surface area contributed by atoms with E-state index in [-0.39, 0.29) is 50.8 Å². The second-order valence-corrected chi connectivity index (χ2v) is 7.46. The van der Waals surface area contributed by atoms with E-state index in [0.717, 1.165) is 36.2 Å². The molecule has 2 aromatic carbocycles. The number of carbonyl (C=O) groups is 1. The number of aliphatic hydroxyl groups is 1. The van der Waals surface area contributed by atoms with Crippen LogP contribution in [0.4, 0.5) is 10.5 Å². The number of nitriles is 1. The number of nitrogens with one attached hydrogen (secondary N) is 3. The summed E-state index contributed by atoms with van der Waals surface area (Å²) in [6, 6.07) is 16.6. The van der Waals surface area contributed by atoms with Crippen LogP contribution in [0.1, 0.15) is 30.3 Å². The number of urea groups is 1. The maximum Gasteiger partial charge on any atom is 0.319 e. The summed E-state index contributed by atoms with van der Waals surface area (Å²) in [6.45, 7) is 0.858. The predicted octanol–water partition coefficient (Wildman–Crippen LogP) is 2.67. The van der Waals surface area contributed by atoms with Crippen molar-refractivity contribution >= 4 is 36.4 Å². The minimum atomic E-state index is -0.833. The van der Waals surface area contributed by atoms with E-state index in [9.17, 15) is 4.79 Å². The van der Waals surface area contributed by atoms with Crippen LogP contribution < -0.4 is 15.6 Å². The van der Waals surface area contributed by atoms with E-state index in [0.29, 0.717) is 11.3 Å². The fourth-order valence-corrected chi connectivity index (χ4v) is 3.57. The molecule has 2 atom stereocenters. The SMILES string of the molecule is CN1CC[C@@H](NC(=O)Nc2ccc(C#N)cc2)C[C@@H]1c1nc2ccccc2[n-]1.[B]C(=N)O.[Y]. The molecule has 165 valence electrons. The number of aromatic nitrogens is 2. The zero-order valence-corrected chi connectivity index (χ0v) is 21.0. The van der Waals surface area contributed by atoms with Gasteiger partial charge in [-0.25, -0.2) is 4.79 Å². The minimum absolute atomic E-state index is 0. The summed E-state index contributed by atoms with van der Waals surface area (Å²) in [5, 5.41) is 28.0. The van der Waals surface area contributed by atoms with Gasteiger partial charge in [0.05, 0.1) is 11.6 Å². The van der Waals surface area contributed by atoms with E-state index < -0.39 is 5.80 Å². The van der Waals surface area contributed by atoms with Gasteiger partial charge in [0.25, 0.3) is 0 Å². The number of aliphatic hydroxyl groups excluding tert-OH is 1. The number of likely N-dealkylation sites (tertiary alicyclic amines) is 1. The average molecular weight is 517 g/mol. The predicted molar refractivity (Wildman–Crippen MR) is 123 cm³/mol.